The molecule has 0 aliphatic rings. The summed E-state index contributed by atoms with van der Waals surface area (Å²) in [6, 6.07) is 16.8. The molecule has 0 bridgehead atoms. The van der Waals surface area contributed by atoms with Gasteiger partial charge in [0.15, 0.2) is 0 Å². The molecule has 0 aliphatic heterocycles. The van der Waals surface area contributed by atoms with Crippen LogP contribution in [0.25, 0.3) is 0 Å². The van der Waals surface area contributed by atoms with E-state index in [0.717, 1.165) is 10.0 Å². The number of carbonyl (C=O) groups excluding carboxylic acids is 2. The molecule has 0 aliphatic carbocycles. The molecule has 0 heterocycles. The highest BCUT2D eigenvalue weighted by molar-refractivity contribution is 9.10. The normalized spacial score (nSPS) is 9.95. The molecule has 2 aromatic carbocycles. The standard InChI is InChI=1S/C16H15BrN2O2/c17-13-6-8-14(9-7-13)19-16(21)15(20)18-11-10-12-4-2-1-3-5-12/h1-9H,10-11H2,(H,18,20)(H,19,21). The van der Waals surface area contributed by atoms with E-state index in [4.69, 9.17) is 0 Å². The lowest BCUT2D eigenvalue weighted by Gasteiger charge is -2.06. The highest BCUT2D eigenvalue weighted by Gasteiger charge is 2.12. The summed E-state index contributed by atoms with van der Waals surface area (Å²) < 4.78 is 0.910. The SMILES string of the molecule is O=C(NCCc1ccccc1)C(=O)Nc1ccc(Br)cc1. The zero-order valence-electron chi connectivity index (χ0n) is 11.3. The van der Waals surface area contributed by atoms with E-state index in [9.17, 15) is 9.59 Å². The van der Waals surface area contributed by atoms with Gasteiger partial charge in [0, 0.05) is 16.7 Å². The summed E-state index contributed by atoms with van der Waals surface area (Å²) in [4.78, 5) is 23.4. The third-order valence-corrected chi connectivity index (χ3v) is 3.38. The van der Waals surface area contributed by atoms with Crippen LogP contribution in [0.3, 0.4) is 0 Å². The second-order valence-electron chi connectivity index (χ2n) is 4.45. The fourth-order valence-corrected chi connectivity index (χ4v) is 2.03. The van der Waals surface area contributed by atoms with Crippen LogP contribution in [-0.4, -0.2) is 18.4 Å². The van der Waals surface area contributed by atoms with Gasteiger partial charge in [-0.25, -0.2) is 0 Å². The molecule has 0 spiro atoms. The molecule has 0 saturated carbocycles. The molecule has 2 N–H and O–H groups in total. The zero-order chi connectivity index (χ0) is 15.1. The third kappa shape index (κ3) is 5.04. The number of benzene rings is 2. The van der Waals surface area contributed by atoms with Crippen molar-refractivity contribution >= 4 is 33.4 Å². The van der Waals surface area contributed by atoms with Gasteiger partial charge < -0.3 is 10.6 Å². The second-order valence-corrected chi connectivity index (χ2v) is 5.37. The number of nitrogens with one attached hydrogen (secondary N) is 2. The zero-order valence-corrected chi connectivity index (χ0v) is 12.9. The number of halogens is 1. The molecule has 2 aromatic rings. The first-order chi connectivity index (χ1) is 10.1. The molecule has 0 radical (unpaired) electrons. The Balaban J connectivity index is 1.77. The molecule has 0 saturated heterocycles. The minimum atomic E-state index is -0.662. The number of hydrogen-bond acceptors (Lipinski definition) is 2. The number of rotatable bonds is 4. The molecule has 0 aromatic heterocycles. The Kier molecular flexibility index (Phi) is 5.51. The first-order valence-electron chi connectivity index (χ1n) is 6.54. The topological polar surface area (TPSA) is 58.2 Å². The highest BCUT2D eigenvalue weighted by Crippen LogP contribution is 2.13. The first kappa shape index (κ1) is 15.3. The van der Waals surface area contributed by atoms with Gasteiger partial charge in [0.1, 0.15) is 0 Å². The summed E-state index contributed by atoms with van der Waals surface area (Å²) in [7, 11) is 0. The maximum Gasteiger partial charge on any atom is 0.313 e. The lowest BCUT2D eigenvalue weighted by Crippen LogP contribution is -2.36. The van der Waals surface area contributed by atoms with Gasteiger partial charge in [-0.15, -0.1) is 0 Å². The third-order valence-electron chi connectivity index (χ3n) is 2.85. The van der Waals surface area contributed by atoms with Crippen molar-refractivity contribution in [1.29, 1.82) is 0 Å². The van der Waals surface area contributed by atoms with Gasteiger partial charge in [-0.1, -0.05) is 46.3 Å². The minimum Gasteiger partial charge on any atom is -0.347 e. The second kappa shape index (κ2) is 7.59. The highest BCUT2D eigenvalue weighted by atomic mass is 79.9. The monoisotopic (exact) mass is 346 g/mol. The molecule has 2 rings (SSSR count). The van der Waals surface area contributed by atoms with Crippen LogP contribution in [0.2, 0.25) is 0 Å². The van der Waals surface area contributed by atoms with Crippen LogP contribution < -0.4 is 10.6 Å². The first-order valence-corrected chi connectivity index (χ1v) is 7.33. The van der Waals surface area contributed by atoms with Crippen LogP contribution in [-0.2, 0) is 16.0 Å². The Morgan fingerprint density at radius 1 is 0.905 bits per heavy atom. The summed E-state index contributed by atoms with van der Waals surface area (Å²) in [6.45, 7) is 0.427. The predicted octanol–water partition coefficient (Wildman–Crippen LogP) is 2.75. The van der Waals surface area contributed by atoms with Crippen LogP contribution in [0, 0.1) is 0 Å². The smallest absolute Gasteiger partial charge is 0.313 e. The maximum absolute atomic E-state index is 11.7. The van der Waals surface area contributed by atoms with Gasteiger partial charge in [0.05, 0.1) is 0 Å². The lowest BCUT2D eigenvalue weighted by atomic mass is 10.1. The van der Waals surface area contributed by atoms with Gasteiger partial charge in [0.2, 0.25) is 0 Å². The number of hydrogen-bond donors (Lipinski definition) is 2. The van der Waals surface area contributed by atoms with Crippen molar-refractivity contribution in [2.24, 2.45) is 0 Å². The summed E-state index contributed by atoms with van der Waals surface area (Å²) in [6.07, 6.45) is 0.693. The van der Waals surface area contributed by atoms with E-state index in [2.05, 4.69) is 26.6 Å². The molecule has 0 atom stereocenters. The largest absolute Gasteiger partial charge is 0.347 e. The van der Waals surface area contributed by atoms with E-state index in [1.807, 2.05) is 30.3 Å². The van der Waals surface area contributed by atoms with Gasteiger partial charge >= 0.3 is 11.8 Å². The molecule has 4 nitrogen and oxygen atoms in total. The van der Waals surface area contributed by atoms with Gasteiger partial charge in [-0.3, -0.25) is 9.59 Å². The summed E-state index contributed by atoms with van der Waals surface area (Å²) in [5.41, 5.74) is 1.70. The van der Waals surface area contributed by atoms with Crippen LogP contribution >= 0.6 is 15.9 Å². The molecule has 0 fully saturated rings. The van der Waals surface area contributed by atoms with Crippen LogP contribution in [0.4, 0.5) is 5.69 Å². The molecule has 0 unspecified atom stereocenters. The van der Waals surface area contributed by atoms with Gasteiger partial charge in [0.25, 0.3) is 0 Å². The summed E-state index contributed by atoms with van der Waals surface area (Å²) in [5, 5.41) is 5.15. The summed E-state index contributed by atoms with van der Waals surface area (Å²) in [5.74, 6) is -1.29. The van der Waals surface area contributed by atoms with Crippen molar-refractivity contribution in [3.05, 3.63) is 64.6 Å². The molecule has 108 valence electrons. The summed E-state index contributed by atoms with van der Waals surface area (Å²) >= 11 is 3.30. The maximum atomic E-state index is 11.7. The van der Waals surface area contributed by atoms with E-state index >= 15 is 0 Å². The molecular weight excluding hydrogens is 332 g/mol. The van der Waals surface area contributed by atoms with Gasteiger partial charge in [-0.05, 0) is 36.2 Å². The Morgan fingerprint density at radius 3 is 2.24 bits per heavy atom. The molecule has 21 heavy (non-hydrogen) atoms. The van der Waals surface area contributed by atoms with Crippen LogP contribution in [0.1, 0.15) is 5.56 Å². The van der Waals surface area contributed by atoms with Crippen molar-refractivity contribution in [1.82, 2.24) is 5.32 Å². The Morgan fingerprint density at radius 2 is 1.57 bits per heavy atom. The number of carbonyl (C=O) groups is 2. The van der Waals surface area contributed by atoms with E-state index in [0.29, 0.717) is 18.7 Å². The molecular formula is C16H15BrN2O2. The van der Waals surface area contributed by atoms with E-state index in [1.165, 1.54) is 0 Å². The fraction of sp³-hybridized carbons (Fsp3) is 0.125. The Hall–Kier alpha value is -2.14. The number of anilines is 1. The van der Waals surface area contributed by atoms with Gasteiger partial charge in [-0.2, -0.15) is 0 Å². The Labute approximate surface area is 131 Å². The molecule has 5 heteroatoms. The number of amides is 2. The van der Waals surface area contributed by atoms with Crippen molar-refractivity contribution < 1.29 is 9.59 Å². The van der Waals surface area contributed by atoms with Crippen molar-refractivity contribution in [2.45, 2.75) is 6.42 Å². The average molecular weight is 347 g/mol. The van der Waals surface area contributed by atoms with E-state index in [-0.39, 0.29) is 0 Å². The average Bonchev–Trinajstić information content (AvgIpc) is 2.50. The Bertz CT molecular complexity index is 612. The van der Waals surface area contributed by atoms with Crippen LogP contribution in [0.5, 0.6) is 0 Å². The van der Waals surface area contributed by atoms with Crippen molar-refractivity contribution in [3.63, 3.8) is 0 Å². The fourth-order valence-electron chi connectivity index (χ4n) is 1.77. The van der Waals surface area contributed by atoms with Crippen molar-refractivity contribution in [2.75, 3.05) is 11.9 Å². The predicted molar refractivity (Wildman–Crippen MR) is 85.9 cm³/mol. The quantitative estimate of drug-likeness (QED) is 0.836. The molecule has 2 amide bonds. The lowest BCUT2D eigenvalue weighted by molar-refractivity contribution is -0.136. The van der Waals surface area contributed by atoms with E-state index in [1.54, 1.807) is 24.3 Å². The minimum absolute atomic E-state index is 0.427. The van der Waals surface area contributed by atoms with Crippen LogP contribution in [0.15, 0.2) is 59.1 Å². The van der Waals surface area contributed by atoms with Crippen molar-refractivity contribution in [3.8, 4) is 0 Å². The van der Waals surface area contributed by atoms with E-state index < -0.39 is 11.8 Å².